The van der Waals surface area contributed by atoms with Crippen LogP contribution in [0.4, 0.5) is 5.69 Å². The second-order valence-electron chi connectivity index (χ2n) is 2.92. The Labute approximate surface area is 91.2 Å². The van der Waals surface area contributed by atoms with Gasteiger partial charge in [-0.1, -0.05) is 0 Å². The van der Waals surface area contributed by atoms with Gasteiger partial charge in [0, 0.05) is 18.1 Å². The molecule has 0 aliphatic rings. The molecule has 82 valence electrons. The minimum atomic E-state index is -0.387. The third-order valence-electron chi connectivity index (χ3n) is 1.86. The highest BCUT2D eigenvalue weighted by Gasteiger charge is 2.13. The largest absolute Gasteiger partial charge is 0.479 e. The lowest BCUT2D eigenvalue weighted by Gasteiger charge is -2.00. The van der Waals surface area contributed by atoms with E-state index in [9.17, 15) is 4.79 Å². The monoisotopic (exact) mass is 219 g/mol. The minimum Gasteiger partial charge on any atom is -0.479 e. The Hall–Kier alpha value is -2.37. The van der Waals surface area contributed by atoms with Gasteiger partial charge < -0.3 is 14.6 Å². The summed E-state index contributed by atoms with van der Waals surface area (Å²) < 4.78 is 9.59. The number of methoxy groups -OCH3 is 1. The first-order chi connectivity index (χ1) is 7.79. The molecule has 0 aromatic carbocycles. The van der Waals surface area contributed by atoms with Crippen LogP contribution in [0.3, 0.4) is 0 Å². The van der Waals surface area contributed by atoms with Crippen molar-refractivity contribution in [2.24, 2.45) is 0 Å². The Kier molecular flexibility index (Phi) is 2.81. The number of carbonyl (C=O) groups is 1. The highest BCUT2D eigenvalue weighted by Crippen LogP contribution is 2.12. The fourth-order valence-electron chi connectivity index (χ4n) is 1.09. The molecule has 0 atom stereocenters. The van der Waals surface area contributed by atoms with Crippen molar-refractivity contribution in [2.75, 3.05) is 12.4 Å². The number of nitrogens with zero attached hydrogens (tertiary/aromatic N) is 2. The zero-order valence-corrected chi connectivity index (χ0v) is 8.51. The minimum absolute atomic E-state index is 0.0914. The summed E-state index contributed by atoms with van der Waals surface area (Å²) in [5, 5.41) is 6.15. The van der Waals surface area contributed by atoms with Crippen LogP contribution in [0.25, 0.3) is 0 Å². The highest BCUT2D eigenvalue weighted by atomic mass is 16.5. The van der Waals surface area contributed by atoms with Crippen molar-refractivity contribution < 1.29 is 14.1 Å². The lowest BCUT2D eigenvalue weighted by atomic mass is 10.3. The van der Waals surface area contributed by atoms with Gasteiger partial charge >= 0.3 is 0 Å². The summed E-state index contributed by atoms with van der Waals surface area (Å²) in [6, 6.07) is 4.76. The maximum Gasteiger partial charge on any atom is 0.294 e. The third-order valence-corrected chi connectivity index (χ3v) is 1.86. The maximum absolute atomic E-state index is 11.6. The summed E-state index contributed by atoms with van der Waals surface area (Å²) in [5.41, 5.74) is 0.635. The van der Waals surface area contributed by atoms with Crippen LogP contribution in [0.1, 0.15) is 10.6 Å². The van der Waals surface area contributed by atoms with Crippen molar-refractivity contribution in [3.8, 4) is 5.88 Å². The predicted molar refractivity (Wildman–Crippen MR) is 55.2 cm³/mol. The molecule has 0 saturated heterocycles. The van der Waals surface area contributed by atoms with Gasteiger partial charge in [-0.05, 0) is 17.3 Å². The van der Waals surface area contributed by atoms with E-state index in [0.29, 0.717) is 5.69 Å². The fraction of sp³-hybridized carbons (Fsp3) is 0.100. The number of rotatable bonds is 3. The van der Waals surface area contributed by atoms with Crippen LogP contribution in [0.5, 0.6) is 5.88 Å². The molecule has 2 rings (SSSR count). The molecule has 0 aliphatic carbocycles. The zero-order chi connectivity index (χ0) is 11.4. The van der Waals surface area contributed by atoms with Gasteiger partial charge in [0.25, 0.3) is 11.8 Å². The molecular formula is C10H9N3O3. The molecule has 16 heavy (non-hydrogen) atoms. The average molecular weight is 219 g/mol. The Morgan fingerprint density at radius 2 is 2.19 bits per heavy atom. The van der Waals surface area contributed by atoms with Crippen molar-refractivity contribution in [1.29, 1.82) is 0 Å². The number of ether oxygens (including phenoxy) is 1. The first kappa shape index (κ1) is 10.2. The van der Waals surface area contributed by atoms with E-state index in [2.05, 4.69) is 15.5 Å². The van der Waals surface area contributed by atoms with Crippen molar-refractivity contribution >= 4 is 11.6 Å². The van der Waals surface area contributed by atoms with Crippen LogP contribution in [0, 0.1) is 0 Å². The molecule has 0 aliphatic heterocycles. The van der Waals surface area contributed by atoms with Gasteiger partial charge in [0.1, 0.15) is 0 Å². The van der Waals surface area contributed by atoms with Crippen molar-refractivity contribution in [2.45, 2.75) is 0 Å². The number of aromatic nitrogens is 2. The standard InChI is InChI=1S/C10H9N3O3/c1-15-9-6-8(16-13-9)10(14)12-7-2-4-11-5-3-7/h2-6H,1H3,(H,11,12,14). The van der Waals surface area contributed by atoms with Crippen LogP contribution in [-0.4, -0.2) is 23.2 Å². The van der Waals surface area contributed by atoms with Crippen molar-refractivity contribution in [3.05, 3.63) is 36.4 Å². The third kappa shape index (κ3) is 2.17. The van der Waals surface area contributed by atoms with E-state index in [4.69, 9.17) is 9.26 Å². The molecule has 1 N–H and O–H groups in total. The summed E-state index contributed by atoms with van der Waals surface area (Å²) in [5.74, 6) is -0.0319. The summed E-state index contributed by atoms with van der Waals surface area (Å²) in [7, 11) is 1.45. The Balaban J connectivity index is 2.09. The van der Waals surface area contributed by atoms with Gasteiger partial charge in [-0.3, -0.25) is 9.78 Å². The van der Waals surface area contributed by atoms with E-state index >= 15 is 0 Å². The van der Waals surface area contributed by atoms with Crippen LogP contribution in [-0.2, 0) is 0 Å². The number of nitrogens with one attached hydrogen (secondary N) is 1. The molecule has 2 heterocycles. The van der Waals surface area contributed by atoms with E-state index in [1.807, 2.05) is 0 Å². The number of pyridine rings is 1. The first-order valence-electron chi connectivity index (χ1n) is 4.51. The molecule has 6 heteroatoms. The lowest BCUT2D eigenvalue weighted by Crippen LogP contribution is -2.10. The van der Waals surface area contributed by atoms with Crippen LogP contribution in [0.2, 0.25) is 0 Å². The van der Waals surface area contributed by atoms with Crippen molar-refractivity contribution in [1.82, 2.24) is 10.1 Å². The number of carbonyl (C=O) groups excluding carboxylic acids is 1. The van der Waals surface area contributed by atoms with Crippen LogP contribution >= 0.6 is 0 Å². The number of hydrogen-bond donors (Lipinski definition) is 1. The SMILES string of the molecule is COc1cc(C(=O)Nc2ccncc2)on1. The quantitative estimate of drug-likeness (QED) is 0.842. The molecule has 0 bridgehead atoms. The normalized spacial score (nSPS) is 9.81. The summed E-state index contributed by atoms with van der Waals surface area (Å²) in [4.78, 5) is 15.5. The Morgan fingerprint density at radius 3 is 2.81 bits per heavy atom. The zero-order valence-electron chi connectivity index (χ0n) is 8.51. The molecule has 0 saturated carbocycles. The second-order valence-corrected chi connectivity index (χ2v) is 2.92. The summed E-state index contributed by atoms with van der Waals surface area (Å²) >= 11 is 0. The Bertz CT molecular complexity index is 481. The van der Waals surface area contributed by atoms with Gasteiger partial charge in [0.2, 0.25) is 5.76 Å². The van der Waals surface area contributed by atoms with E-state index in [0.717, 1.165) is 0 Å². The van der Waals surface area contributed by atoms with Gasteiger partial charge in [-0.25, -0.2) is 0 Å². The van der Waals surface area contributed by atoms with E-state index in [1.54, 1.807) is 24.5 Å². The van der Waals surface area contributed by atoms with Crippen LogP contribution < -0.4 is 10.1 Å². The molecule has 0 spiro atoms. The van der Waals surface area contributed by atoms with Gasteiger partial charge in [-0.2, -0.15) is 0 Å². The van der Waals surface area contributed by atoms with Crippen LogP contribution in [0.15, 0.2) is 35.1 Å². The molecule has 0 fully saturated rings. The molecule has 2 aromatic rings. The number of anilines is 1. The van der Waals surface area contributed by atoms with Gasteiger partial charge in [-0.15, -0.1) is 0 Å². The van der Waals surface area contributed by atoms with E-state index in [-0.39, 0.29) is 17.5 Å². The molecule has 1 amide bonds. The number of hydrogen-bond acceptors (Lipinski definition) is 5. The second kappa shape index (κ2) is 4.43. The van der Waals surface area contributed by atoms with Crippen molar-refractivity contribution in [3.63, 3.8) is 0 Å². The fourth-order valence-corrected chi connectivity index (χ4v) is 1.09. The first-order valence-corrected chi connectivity index (χ1v) is 4.51. The average Bonchev–Trinajstić information content (AvgIpc) is 2.79. The molecule has 2 aromatic heterocycles. The van der Waals surface area contributed by atoms with Gasteiger partial charge in [0.05, 0.1) is 13.2 Å². The van der Waals surface area contributed by atoms with E-state index in [1.165, 1.54) is 13.2 Å². The maximum atomic E-state index is 11.6. The van der Waals surface area contributed by atoms with Gasteiger partial charge in [0.15, 0.2) is 0 Å². The Morgan fingerprint density at radius 1 is 1.44 bits per heavy atom. The predicted octanol–water partition coefficient (Wildman–Crippen LogP) is 1.33. The topological polar surface area (TPSA) is 77.2 Å². The molecule has 0 radical (unpaired) electrons. The van der Waals surface area contributed by atoms with E-state index < -0.39 is 0 Å². The smallest absolute Gasteiger partial charge is 0.294 e. The molecule has 6 nitrogen and oxygen atoms in total. The highest BCUT2D eigenvalue weighted by molar-refractivity contribution is 6.02. The lowest BCUT2D eigenvalue weighted by molar-refractivity contribution is 0.0987. The molecular weight excluding hydrogens is 210 g/mol. The summed E-state index contributed by atoms with van der Waals surface area (Å²) in [6.45, 7) is 0. The number of amides is 1. The summed E-state index contributed by atoms with van der Waals surface area (Å²) in [6.07, 6.45) is 3.16. The molecule has 0 unspecified atom stereocenters.